The molecule has 30 heavy (non-hydrogen) atoms. The molecule has 0 bridgehead atoms. The molecule has 1 atom stereocenters. The van der Waals surface area contributed by atoms with Crippen molar-refractivity contribution in [2.45, 2.75) is 44.2 Å². The Morgan fingerprint density at radius 1 is 1.17 bits per heavy atom. The van der Waals surface area contributed by atoms with E-state index < -0.39 is 6.04 Å². The third-order valence-corrected chi connectivity index (χ3v) is 5.93. The number of aromatic nitrogens is 3. The van der Waals surface area contributed by atoms with Crippen molar-refractivity contribution < 1.29 is 9.59 Å². The molecule has 2 aromatic heterocycles. The molecule has 7 nitrogen and oxygen atoms in total. The molecular formula is C22H22ClN5O2. The summed E-state index contributed by atoms with van der Waals surface area (Å²) in [6.07, 6.45) is 7.48. The highest BCUT2D eigenvalue weighted by atomic mass is 35.5. The summed E-state index contributed by atoms with van der Waals surface area (Å²) < 4.78 is 0. The van der Waals surface area contributed by atoms with Gasteiger partial charge in [0, 0.05) is 23.7 Å². The van der Waals surface area contributed by atoms with Crippen LogP contribution in [0.5, 0.6) is 0 Å². The predicted octanol–water partition coefficient (Wildman–Crippen LogP) is 3.31. The van der Waals surface area contributed by atoms with Gasteiger partial charge in [0.25, 0.3) is 5.91 Å². The van der Waals surface area contributed by atoms with E-state index in [0.717, 1.165) is 36.9 Å². The molecular weight excluding hydrogens is 402 g/mol. The molecule has 2 fully saturated rings. The number of nitrogens with one attached hydrogen (secondary N) is 3. The van der Waals surface area contributed by atoms with Gasteiger partial charge in [0.05, 0.1) is 17.5 Å². The van der Waals surface area contributed by atoms with E-state index in [9.17, 15) is 9.59 Å². The Morgan fingerprint density at radius 3 is 2.63 bits per heavy atom. The van der Waals surface area contributed by atoms with Crippen LogP contribution >= 0.6 is 11.6 Å². The monoisotopic (exact) mass is 423 g/mol. The van der Waals surface area contributed by atoms with Gasteiger partial charge in [-0.15, -0.1) is 0 Å². The average molecular weight is 424 g/mol. The van der Waals surface area contributed by atoms with Crippen molar-refractivity contribution in [3.63, 3.8) is 0 Å². The molecule has 3 aromatic rings. The van der Waals surface area contributed by atoms with Crippen LogP contribution in [-0.2, 0) is 11.3 Å². The Bertz CT molecular complexity index is 1100. The van der Waals surface area contributed by atoms with E-state index in [-0.39, 0.29) is 17.7 Å². The summed E-state index contributed by atoms with van der Waals surface area (Å²) >= 11 is 5.91. The van der Waals surface area contributed by atoms with E-state index in [0.29, 0.717) is 34.2 Å². The van der Waals surface area contributed by atoms with Crippen molar-refractivity contribution in [3.8, 4) is 0 Å². The summed E-state index contributed by atoms with van der Waals surface area (Å²) in [6.45, 7) is 0.387. The quantitative estimate of drug-likeness (QED) is 0.542. The van der Waals surface area contributed by atoms with Gasteiger partial charge in [-0.2, -0.15) is 0 Å². The molecule has 1 aromatic carbocycles. The van der Waals surface area contributed by atoms with Gasteiger partial charge < -0.3 is 15.6 Å². The summed E-state index contributed by atoms with van der Waals surface area (Å²) in [5, 5.41) is 6.50. The van der Waals surface area contributed by atoms with Crippen LogP contribution in [0.1, 0.15) is 53.2 Å². The van der Waals surface area contributed by atoms with E-state index in [4.69, 9.17) is 11.6 Å². The lowest BCUT2D eigenvalue weighted by molar-refractivity contribution is -0.123. The first-order valence-electron chi connectivity index (χ1n) is 10.3. The van der Waals surface area contributed by atoms with E-state index in [1.54, 1.807) is 24.5 Å². The molecule has 2 heterocycles. The highest BCUT2D eigenvalue weighted by Gasteiger charge is 2.37. The Balaban J connectivity index is 1.29. The number of hydrogen-bond acceptors (Lipinski definition) is 4. The highest BCUT2D eigenvalue weighted by Crippen LogP contribution is 2.39. The number of nitrogens with zero attached hydrogens (tertiary/aromatic N) is 2. The van der Waals surface area contributed by atoms with Crippen LogP contribution in [0.3, 0.4) is 0 Å². The molecule has 2 aliphatic carbocycles. The van der Waals surface area contributed by atoms with Crippen LogP contribution in [-0.4, -0.2) is 32.8 Å². The molecule has 5 rings (SSSR count). The number of carbonyl (C=O) groups is 2. The van der Waals surface area contributed by atoms with Gasteiger partial charge in [-0.05, 0) is 49.3 Å². The number of aromatic amines is 1. The summed E-state index contributed by atoms with van der Waals surface area (Å²) in [7, 11) is 0. The number of rotatable bonds is 7. The minimum atomic E-state index is -0.561. The minimum absolute atomic E-state index is 0.164. The van der Waals surface area contributed by atoms with Gasteiger partial charge in [-0.3, -0.25) is 9.59 Å². The maximum Gasteiger partial charge on any atom is 0.255 e. The lowest BCUT2D eigenvalue weighted by Gasteiger charge is -2.18. The van der Waals surface area contributed by atoms with Crippen LogP contribution in [0.25, 0.3) is 11.2 Å². The lowest BCUT2D eigenvalue weighted by Crippen LogP contribution is -2.47. The van der Waals surface area contributed by atoms with Crippen LogP contribution in [0, 0.1) is 5.92 Å². The third-order valence-electron chi connectivity index (χ3n) is 5.68. The molecule has 0 spiro atoms. The standard InChI is InChI=1S/C22H22ClN5O2/c23-15-7-1-12(2-8-15)9-26-22(30)18(14-5-6-14)28-21(29)16-10-24-20-19(16)27-17(11-25-20)13-3-4-13/h1-2,7-8,10-11,13-14,18H,3-6,9H2,(H,24,25)(H,26,30)(H,28,29)/t18-/m1/s1. The summed E-state index contributed by atoms with van der Waals surface area (Å²) in [6, 6.07) is 6.76. The van der Waals surface area contributed by atoms with E-state index in [1.807, 2.05) is 12.1 Å². The van der Waals surface area contributed by atoms with Crippen LogP contribution in [0.15, 0.2) is 36.7 Å². The minimum Gasteiger partial charge on any atom is -0.350 e. The molecule has 3 N–H and O–H groups in total. The zero-order valence-corrected chi connectivity index (χ0v) is 17.1. The van der Waals surface area contributed by atoms with E-state index in [1.165, 1.54) is 0 Å². The van der Waals surface area contributed by atoms with Gasteiger partial charge in [-0.25, -0.2) is 9.97 Å². The normalized spacial score (nSPS) is 17.0. The average Bonchev–Trinajstić information content (AvgIpc) is 3.68. The fraction of sp³-hybridized carbons (Fsp3) is 0.364. The van der Waals surface area contributed by atoms with Crippen LogP contribution in [0.2, 0.25) is 5.02 Å². The van der Waals surface area contributed by atoms with Crippen molar-refractivity contribution in [3.05, 3.63) is 58.5 Å². The Morgan fingerprint density at radius 2 is 1.93 bits per heavy atom. The topological polar surface area (TPSA) is 99.8 Å². The van der Waals surface area contributed by atoms with Gasteiger partial charge in [-0.1, -0.05) is 23.7 Å². The second-order valence-electron chi connectivity index (χ2n) is 8.10. The fourth-order valence-corrected chi connectivity index (χ4v) is 3.73. The predicted molar refractivity (Wildman–Crippen MR) is 113 cm³/mol. The maximum atomic E-state index is 13.0. The molecule has 0 radical (unpaired) electrons. The summed E-state index contributed by atoms with van der Waals surface area (Å²) in [4.78, 5) is 37.8. The zero-order valence-electron chi connectivity index (χ0n) is 16.3. The molecule has 0 aliphatic heterocycles. The lowest BCUT2D eigenvalue weighted by atomic mass is 10.1. The van der Waals surface area contributed by atoms with Crippen LogP contribution in [0.4, 0.5) is 0 Å². The van der Waals surface area contributed by atoms with Crippen molar-refractivity contribution in [2.24, 2.45) is 5.92 Å². The Kier molecular flexibility index (Phi) is 4.90. The highest BCUT2D eigenvalue weighted by molar-refractivity contribution is 6.30. The second kappa shape index (κ2) is 7.72. The van der Waals surface area contributed by atoms with Gasteiger partial charge >= 0.3 is 0 Å². The van der Waals surface area contributed by atoms with E-state index >= 15 is 0 Å². The second-order valence-corrected chi connectivity index (χ2v) is 8.54. The number of halogens is 1. The third kappa shape index (κ3) is 4.03. The number of fused-ring (bicyclic) bond motifs is 1. The van der Waals surface area contributed by atoms with Crippen molar-refractivity contribution in [2.75, 3.05) is 0 Å². The summed E-state index contributed by atoms with van der Waals surface area (Å²) in [5.74, 6) is 0.135. The number of benzene rings is 1. The van der Waals surface area contributed by atoms with Crippen molar-refractivity contribution in [1.29, 1.82) is 0 Å². The van der Waals surface area contributed by atoms with Crippen molar-refractivity contribution >= 4 is 34.6 Å². The number of hydrogen-bond donors (Lipinski definition) is 3. The molecule has 0 saturated heterocycles. The zero-order chi connectivity index (χ0) is 20.7. The first-order chi connectivity index (χ1) is 14.6. The maximum absolute atomic E-state index is 13.0. The van der Waals surface area contributed by atoms with Gasteiger partial charge in [0.1, 0.15) is 11.6 Å². The molecule has 2 aliphatic rings. The first kappa shape index (κ1) is 19.1. The Labute approximate surface area is 178 Å². The first-order valence-corrected chi connectivity index (χ1v) is 10.6. The number of carbonyl (C=O) groups excluding carboxylic acids is 2. The number of amides is 2. The number of H-pyrrole nitrogens is 1. The van der Waals surface area contributed by atoms with E-state index in [2.05, 4.69) is 25.6 Å². The van der Waals surface area contributed by atoms with Gasteiger partial charge in [0.15, 0.2) is 5.65 Å². The smallest absolute Gasteiger partial charge is 0.255 e. The summed E-state index contributed by atoms with van der Waals surface area (Å²) in [5.41, 5.74) is 3.45. The largest absolute Gasteiger partial charge is 0.350 e. The van der Waals surface area contributed by atoms with Gasteiger partial charge in [0.2, 0.25) is 5.91 Å². The molecule has 0 unspecified atom stereocenters. The van der Waals surface area contributed by atoms with Crippen LogP contribution < -0.4 is 10.6 Å². The molecule has 154 valence electrons. The molecule has 2 amide bonds. The SMILES string of the molecule is O=C(N[C@@H](C(=O)NCc1ccc(Cl)cc1)C1CC1)c1c[nH]c2ncc(C3CC3)nc12. The fourth-order valence-electron chi connectivity index (χ4n) is 3.60. The molecule has 8 heteroatoms. The molecule has 2 saturated carbocycles. The Hall–Kier alpha value is -2.93. The van der Waals surface area contributed by atoms with Crippen molar-refractivity contribution in [1.82, 2.24) is 25.6 Å².